The standard InChI is InChI=1S/C25H20N6O2S/c1-17-16-34-25(27-17)29-24-21-12-5-6-13-22(21)28-23(19-9-3-2-4-10-19)30(24)26-15-18-8-7-11-20(14-18)31(32)33/h2-16,24H,1H3,(H,27,29)/b26-15+. The SMILES string of the molecule is Cc1csc(NC2c3ccccc3N=C(c3ccccc3)N2/N=C/c2cccc([N+](=O)[O-])c2)n1. The van der Waals surface area contributed by atoms with Crippen molar-refractivity contribution in [3.05, 3.63) is 117 Å². The number of non-ortho nitro benzene ring substituents is 1. The number of aromatic nitrogens is 1. The summed E-state index contributed by atoms with van der Waals surface area (Å²) in [6.45, 7) is 1.95. The summed E-state index contributed by atoms with van der Waals surface area (Å²) in [5, 5.41) is 24.0. The number of anilines is 1. The topological polar surface area (TPSA) is 96.0 Å². The molecule has 168 valence electrons. The van der Waals surface area contributed by atoms with Crippen LogP contribution in [0.1, 0.15) is 28.6 Å². The van der Waals surface area contributed by atoms with Crippen LogP contribution >= 0.6 is 11.3 Å². The van der Waals surface area contributed by atoms with Gasteiger partial charge in [0.15, 0.2) is 17.1 Å². The van der Waals surface area contributed by atoms with E-state index in [4.69, 9.17) is 10.1 Å². The highest BCUT2D eigenvalue weighted by atomic mass is 32.1. The first-order valence-corrected chi connectivity index (χ1v) is 11.5. The second-order valence-electron chi connectivity index (χ2n) is 7.64. The van der Waals surface area contributed by atoms with Crippen molar-refractivity contribution >= 4 is 39.9 Å². The van der Waals surface area contributed by atoms with Gasteiger partial charge in [-0.15, -0.1) is 11.3 Å². The molecule has 0 saturated heterocycles. The molecule has 8 nitrogen and oxygen atoms in total. The number of para-hydroxylation sites is 1. The maximum atomic E-state index is 11.2. The number of hydrogen-bond acceptors (Lipinski definition) is 8. The van der Waals surface area contributed by atoms with Crippen LogP contribution in [0, 0.1) is 17.0 Å². The number of nitro benzene ring substituents is 1. The smallest absolute Gasteiger partial charge is 0.270 e. The van der Waals surface area contributed by atoms with Crippen molar-refractivity contribution in [1.29, 1.82) is 0 Å². The second kappa shape index (κ2) is 9.24. The van der Waals surface area contributed by atoms with Crippen LogP contribution in [0.3, 0.4) is 0 Å². The van der Waals surface area contributed by atoms with Crippen molar-refractivity contribution in [3.63, 3.8) is 0 Å². The van der Waals surface area contributed by atoms with Gasteiger partial charge in [-0.2, -0.15) is 5.10 Å². The molecule has 0 bridgehead atoms. The summed E-state index contributed by atoms with van der Waals surface area (Å²) in [5.41, 5.74) is 4.25. The van der Waals surface area contributed by atoms with Crippen LogP contribution in [-0.4, -0.2) is 27.0 Å². The maximum absolute atomic E-state index is 11.2. The van der Waals surface area contributed by atoms with Crippen molar-refractivity contribution < 1.29 is 4.92 Å². The fourth-order valence-corrected chi connectivity index (χ4v) is 4.38. The second-order valence-corrected chi connectivity index (χ2v) is 8.50. The number of amidine groups is 1. The molecule has 2 heterocycles. The first kappa shape index (κ1) is 21.5. The molecule has 34 heavy (non-hydrogen) atoms. The number of nitrogens with zero attached hydrogens (tertiary/aromatic N) is 5. The van der Waals surface area contributed by atoms with E-state index in [1.807, 2.05) is 66.9 Å². The summed E-state index contributed by atoms with van der Waals surface area (Å²) in [6, 6.07) is 24.1. The van der Waals surface area contributed by atoms with Crippen LogP contribution in [0.15, 0.2) is 94.3 Å². The monoisotopic (exact) mass is 468 g/mol. The molecule has 0 saturated carbocycles. The van der Waals surface area contributed by atoms with E-state index in [1.54, 1.807) is 23.4 Å². The van der Waals surface area contributed by atoms with Gasteiger partial charge in [-0.1, -0.05) is 60.7 Å². The molecule has 4 aromatic rings. The van der Waals surface area contributed by atoms with Crippen molar-refractivity contribution in [3.8, 4) is 0 Å². The zero-order valence-corrected chi connectivity index (χ0v) is 19.0. The molecule has 0 radical (unpaired) electrons. The minimum Gasteiger partial charge on any atom is -0.336 e. The van der Waals surface area contributed by atoms with Gasteiger partial charge in [0.25, 0.3) is 5.69 Å². The highest BCUT2D eigenvalue weighted by Gasteiger charge is 2.31. The fourth-order valence-electron chi connectivity index (χ4n) is 3.67. The number of nitrogens with one attached hydrogen (secondary N) is 1. The minimum absolute atomic E-state index is 0.0119. The van der Waals surface area contributed by atoms with Crippen LogP contribution in [0.5, 0.6) is 0 Å². The zero-order valence-electron chi connectivity index (χ0n) is 18.2. The van der Waals surface area contributed by atoms with Gasteiger partial charge in [-0.25, -0.2) is 15.0 Å². The Morgan fingerprint density at radius 3 is 2.65 bits per heavy atom. The predicted octanol–water partition coefficient (Wildman–Crippen LogP) is 5.90. The molecule has 1 aromatic heterocycles. The van der Waals surface area contributed by atoms with E-state index in [2.05, 4.69) is 10.3 Å². The Morgan fingerprint density at radius 1 is 1.09 bits per heavy atom. The summed E-state index contributed by atoms with van der Waals surface area (Å²) in [4.78, 5) is 20.3. The number of rotatable bonds is 6. The van der Waals surface area contributed by atoms with E-state index >= 15 is 0 Å². The van der Waals surface area contributed by atoms with Gasteiger partial charge in [-0.05, 0) is 13.0 Å². The van der Waals surface area contributed by atoms with Gasteiger partial charge in [0.1, 0.15) is 0 Å². The van der Waals surface area contributed by atoms with Crippen LogP contribution in [0.2, 0.25) is 0 Å². The van der Waals surface area contributed by atoms with E-state index in [0.29, 0.717) is 11.4 Å². The molecule has 1 N–H and O–H groups in total. The van der Waals surface area contributed by atoms with E-state index in [9.17, 15) is 10.1 Å². The molecular formula is C25H20N6O2S. The summed E-state index contributed by atoms with van der Waals surface area (Å²) in [6.07, 6.45) is 1.23. The van der Waals surface area contributed by atoms with Crippen molar-refractivity contribution in [2.45, 2.75) is 13.1 Å². The average molecular weight is 469 g/mol. The summed E-state index contributed by atoms with van der Waals surface area (Å²) in [7, 11) is 0. The Hall–Kier alpha value is -4.37. The normalized spacial score (nSPS) is 15.1. The molecule has 1 atom stereocenters. The maximum Gasteiger partial charge on any atom is 0.270 e. The lowest BCUT2D eigenvalue weighted by Crippen LogP contribution is -2.38. The van der Waals surface area contributed by atoms with Crippen LogP contribution in [-0.2, 0) is 0 Å². The fraction of sp³-hybridized carbons (Fsp3) is 0.0800. The van der Waals surface area contributed by atoms with E-state index in [0.717, 1.165) is 27.6 Å². The molecule has 1 aliphatic rings. The lowest BCUT2D eigenvalue weighted by Gasteiger charge is -2.35. The number of aryl methyl sites for hydroxylation is 1. The Bertz CT molecular complexity index is 1400. The number of nitro groups is 1. The molecule has 0 fully saturated rings. The lowest BCUT2D eigenvalue weighted by atomic mass is 10.1. The molecular weight excluding hydrogens is 448 g/mol. The summed E-state index contributed by atoms with van der Waals surface area (Å²) >= 11 is 1.52. The molecule has 1 aliphatic heterocycles. The predicted molar refractivity (Wildman–Crippen MR) is 135 cm³/mol. The number of thiazole rings is 1. The molecule has 0 amide bonds. The highest BCUT2D eigenvalue weighted by molar-refractivity contribution is 7.13. The van der Waals surface area contributed by atoms with Crippen LogP contribution in [0.4, 0.5) is 16.5 Å². The highest BCUT2D eigenvalue weighted by Crippen LogP contribution is 2.37. The average Bonchev–Trinajstić information content (AvgIpc) is 3.28. The van der Waals surface area contributed by atoms with Gasteiger partial charge < -0.3 is 5.32 Å². The van der Waals surface area contributed by atoms with Gasteiger partial charge in [0, 0.05) is 34.2 Å². The van der Waals surface area contributed by atoms with Gasteiger partial charge in [0.2, 0.25) is 0 Å². The molecule has 9 heteroatoms. The van der Waals surface area contributed by atoms with Crippen molar-refractivity contribution in [2.24, 2.45) is 10.1 Å². The van der Waals surface area contributed by atoms with Gasteiger partial charge in [0.05, 0.1) is 22.5 Å². The number of hydrazone groups is 1. The summed E-state index contributed by atoms with van der Waals surface area (Å²) in [5.74, 6) is 0.659. The number of benzene rings is 3. The third-order valence-corrected chi connectivity index (χ3v) is 6.13. The number of fused-ring (bicyclic) bond motifs is 1. The van der Waals surface area contributed by atoms with E-state index in [-0.39, 0.29) is 11.9 Å². The molecule has 3 aromatic carbocycles. The molecule has 0 aliphatic carbocycles. The first-order valence-electron chi connectivity index (χ1n) is 10.6. The minimum atomic E-state index is -0.416. The van der Waals surface area contributed by atoms with Crippen LogP contribution in [0.25, 0.3) is 0 Å². The first-order chi connectivity index (χ1) is 16.6. The van der Waals surface area contributed by atoms with Crippen molar-refractivity contribution in [2.75, 3.05) is 5.32 Å². The number of aliphatic imine (C=N–C) groups is 1. The number of hydrogen-bond donors (Lipinski definition) is 1. The Morgan fingerprint density at radius 2 is 1.88 bits per heavy atom. The van der Waals surface area contributed by atoms with Crippen molar-refractivity contribution in [1.82, 2.24) is 9.99 Å². The van der Waals surface area contributed by atoms with Gasteiger partial charge >= 0.3 is 0 Å². The quantitative estimate of drug-likeness (QED) is 0.216. The van der Waals surface area contributed by atoms with E-state index < -0.39 is 4.92 Å². The van der Waals surface area contributed by atoms with Crippen LogP contribution < -0.4 is 5.32 Å². The van der Waals surface area contributed by atoms with Gasteiger partial charge in [-0.3, -0.25) is 10.1 Å². The lowest BCUT2D eigenvalue weighted by molar-refractivity contribution is -0.384. The third kappa shape index (κ3) is 4.41. The molecule has 0 spiro atoms. The Labute approximate surface area is 200 Å². The Balaban J connectivity index is 1.61. The largest absolute Gasteiger partial charge is 0.336 e. The Kier molecular flexibility index (Phi) is 5.84. The summed E-state index contributed by atoms with van der Waals surface area (Å²) < 4.78 is 0. The zero-order chi connectivity index (χ0) is 23.5. The molecule has 5 rings (SSSR count). The molecule has 1 unspecified atom stereocenters. The third-order valence-electron chi connectivity index (χ3n) is 5.24. The van der Waals surface area contributed by atoms with E-state index in [1.165, 1.54) is 23.5 Å².